The number of hydrogen-bond acceptors (Lipinski definition) is 7. The van der Waals surface area contributed by atoms with Crippen LogP contribution in [0.15, 0.2) is 0 Å². The van der Waals surface area contributed by atoms with E-state index in [1.54, 1.807) is 6.92 Å². The molecule has 0 N–H and O–H groups in total. The average Bonchev–Trinajstić information content (AvgIpc) is 3.37. The van der Waals surface area contributed by atoms with Gasteiger partial charge >= 0.3 is 5.97 Å². The van der Waals surface area contributed by atoms with Crippen molar-refractivity contribution in [1.82, 2.24) is 0 Å². The summed E-state index contributed by atoms with van der Waals surface area (Å²) in [6.07, 6.45) is 3.29. The highest BCUT2D eigenvalue weighted by Crippen LogP contribution is 2.50. The van der Waals surface area contributed by atoms with Gasteiger partial charge in [-0.25, -0.2) is 0 Å². The molecule has 0 aliphatic carbocycles. The normalized spacial score (nSPS) is 21.7. The Labute approximate surface area is 145 Å². The van der Waals surface area contributed by atoms with Gasteiger partial charge in [0.2, 0.25) is 16.1 Å². The van der Waals surface area contributed by atoms with E-state index >= 15 is 0 Å². The second-order valence-corrected chi connectivity index (χ2v) is 9.57. The molecular weight excluding hydrogens is 354 g/mol. The van der Waals surface area contributed by atoms with Gasteiger partial charge in [0.1, 0.15) is 18.1 Å². The van der Waals surface area contributed by atoms with Gasteiger partial charge in [0.05, 0.1) is 25.7 Å². The van der Waals surface area contributed by atoms with Crippen molar-refractivity contribution < 1.29 is 32.4 Å². The molecule has 1 fully saturated rings. The average molecular weight is 384 g/mol. The summed E-state index contributed by atoms with van der Waals surface area (Å²) in [5.74, 6) is -1.34. The molecule has 7 nitrogen and oxygen atoms in total. The molecule has 9 heteroatoms. The lowest BCUT2D eigenvalue weighted by Crippen LogP contribution is -2.25. The third-order valence-corrected chi connectivity index (χ3v) is 8.09. The fourth-order valence-electron chi connectivity index (χ4n) is 1.93. The fourth-order valence-corrected chi connectivity index (χ4v) is 5.33. The van der Waals surface area contributed by atoms with E-state index in [4.69, 9.17) is 18.5 Å². The molecule has 4 atom stereocenters. The van der Waals surface area contributed by atoms with Crippen LogP contribution in [0.3, 0.4) is 0 Å². The lowest BCUT2D eigenvalue weighted by molar-refractivity contribution is -0.148. The third kappa shape index (κ3) is 8.26. The zero-order valence-electron chi connectivity index (χ0n) is 14.7. The smallest absolute Gasteiger partial charge is 0.310 e. The van der Waals surface area contributed by atoms with Crippen LogP contribution in [-0.2, 0) is 32.4 Å². The maximum atomic E-state index is 12.5. The van der Waals surface area contributed by atoms with Crippen molar-refractivity contribution in [2.75, 3.05) is 26.4 Å². The molecule has 1 heterocycles. The molecule has 1 aliphatic heterocycles. The first-order valence-corrected chi connectivity index (χ1v) is 11.4. The number of ether oxygens (including phenoxy) is 2. The summed E-state index contributed by atoms with van der Waals surface area (Å²) in [6.45, 7) is 6.96. The van der Waals surface area contributed by atoms with E-state index in [9.17, 15) is 13.9 Å². The summed E-state index contributed by atoms with van der Waals surface area (Å²) < 4.78 is 45.7. The maximum absolute atomic E-state index is 12.5. The van der Waals surface area contributed by atoms with Gasteiger partial charge in [-0.15, -0.1) is 0 Å². The SMILES string of the molecule is CCCCO[PH](=O)C(C(C)C(=O)OCC1CO1)[PH](=O)OCCCC. The van der Waals surface area contributed by atoms with Gasteiger partial charge < -0.3 is 18.5 Å². The molecule has 0 amide bonds. The van der Waals surface area contributed by atoms with Crippen LogP contribution in [0, 0.1) is 5.92 Å². The maximum Gasteiger partial charge on any atom is 0.310 e. The minimum Gasteiger partial charge on any atom is -0.463 e. The molecule has 4 unspecified atom stereocenters. The summed E-state index contributed by atoms with van der Waals surface area (Å²) in [5, 5.41) is -0.929. The third-order valence-electron chi connectivity index (χ3n) is 3.68. The Bertz CT molecular complexity index is 404. The molecule has 1 rings (SSSR count). The van der Waals surface area contributed by atoms with Crippen molar-refractivity contribution in [3.05, 3.63) is 0 Å². The lowest BCUT2D eigenvalue weighted by atomic mass is 10.2. The quantitative estimate of drug-likeness (QED) is 0.196. The number of esters is 1. The van der Waals surface area contributed by atoms with Crippen LogP contribution in [0.25, 0.3) is 0 Å². The van der Waals surface area contributed by atoms with Gasteiger partial charge in [-0.3, -0.25) is 13.9 Å². The van der Waals surface area contributed by atoms with Crippen molar-refractivity contribution in [2.24, 2.45) is 5.92 Å². The first-order valence-electron chi connectivity index (χ1n) is 8.62. The van der Waals surface area contributed by atoms with Crippen molar-refractivity contribution >= 4 is 22.0 Å². The Balaban J connectivity index is 2.63. The molecule has 24 heavy (non-hydrogen) atoms. The summed E-state index contributed by atoms with van der Waals surface area (Å²) in [7, 11) is -5.35. The molecule has 0 aromatic rings. The summed E-state index contributed by atoms with van der Waals surface area (Å²) in [6, 6.07) is 0. The minimum absolute atomic E-state index is 0.0461. The van der Waals surface area contributed by atoms with Gasteiger partial charge in [-0.2, -0.15) is 0 Å². The second kappa shape index (κ2) is 12.2. The Morgan fingerprint density at radius 3 is 2.04 bits per heavy atom. The number of epoxide rings is 1. The Morgan fingerprint density at radius 1 is 1.12 bits per heavy atom. The molecule has 0 spiro atoms. The van der Waals surface area contributed by atoms with Gasteiger partial charge in [0.15, 0.2) is 0 Å². The topological polar surface area (TPSA) is 91.4 Å². The standard InChI is InChI=1S/C15H30O7P2/c1-4-6-8-21-23(17)15(24(18)22-9-7-5-2)12(3)14(16)20-11-13-10-19-13/h12-13,15,23-24H,4-11H2,1-3H3. The van der Waals surface area contributed by atoms with E-state index < -0.39 is 33.3 Å². The number of carbonyl (C=O) groups is 1. The predicted octanol–water partition coefficient (Wildman–Crippen LogP) is 3.47. The zero-order chi connectivity index (χ0) is 17.9. The van der Waals surface area contributed by atoms with Crippen LogP contribution < -0.4 is 0 Å². The Hall–Kier alpha value is -0.190. The first-order chi connectivity index (χ1) is 11.5. The number of carbonyl (C=O) groups excluding carboxylic acids is 1. The molecule has 1 aliphatic rings. The van der Waals surface area contributed by atoms with Gasteiger partial charge in [0.25, 0.3) is 0 Å². The molecule has 0 radical (unpaired) electrons. The predicted molar refractivity (Wildman–Crippen MR) is 93.4 cm³/mol. The van der Waals surface area contributed by atoms with Crippen LogP contribution in [0.1, 0.15) is 46.5 Å². The largest absolute Gasteiger partial charge is 0.463 e. The number of unbranched alkanes of at least 4 members (excludes halogenated alkanes) is 2. The summed E-state index contributed by atoms with van der Waals surface area (Å²) in [5.41, 5.74) is 0. The van der Waals surface area contributed by atoms with Crippen LogP contribution in [0.5, 0.6) is 0 Å². The van der Waals surface area contributed by atoms with E-state index in [1.807, 2.05) is 13.8 Å². The highest BCUT2D eigenvalue weighted by molar-refractivity contribution is 7.59. The second-order valence-electron chi connectivity index (χ2n) is 5.89. The number of hydrogen-bond donors (Lipinski definition) is 0. The summed E-state index contributed by atoms with van der Waals surface area (Å²) in [4.78, 5) is 12.2. The van der Waals surface area contributed by atoms with Crippen molar-refractivity contribution in [2.45, 2.75) is 58.0 Å². The molecular formula is C15H30O7P2. The van der Waals surface area contributed by atoms with Crippen molar-refractivity contribution in [1.29, 1.82) is 0 Å². The van der Waals surface area contributed by atoms with E-state index in [1.165, 1.54) is 0 Å². The zero-order valence-corrected chi connectivity index (χ0v) is 16.7. The van der Waals surface area contributed by atoms with E-state index in [0.717, 1.165) is 25.7 Å². The fraction of sp³-hybridized carbons (Fsp3) is 0.933. The lowest BCUT2D eigenvalue weighted by Gasteiger charge is -2.22. The van der Waals surface area contributed by atoms with Gasteiger partial charge in [-0.1, -0.05) is 33.6 Å². The van der Waals surface area contributed by atoms with Crippen LogP contribution >= 0.6 is 16.1 Å². The molecule has 0 aromatic heterocycles. The Kier molecular flexibility index (Phi) is 11.1. The first kappa shape index (κ1) is 21.9. The van der Waals surface area contributed by atoms with Gasteiger partial charge in [-0.05, 0) is 12.8 Å². The molecule has 0 aromatic carbocycles. The van der Waals surface area contributed by atoms with Gasteiger partial charge in [0, 0.05) is 0 Å². The number of rotatable bonds is 14. The molecule has 0 bridgehead atoms. The van der Waals surface area contributed by atoms with Crippen molar-refractivity contribution in [3.63, 3.8) is 0 Å². The highest BCUT2D eigenvalue weighted by atomic mass is 31.2. The molecule has 0 saturated carbocycles. The van der Waals surface area contributed by atoms with E-state index in [-0.39, 0.29) is 12.7 Å². The summed E-state index contributed by atoms with van der Waals surface area (Å²) >= 11 is 0. The minimum atomic E-state index is -2.68. The van der Waals surface area contributed by atoms with E-state index in [0.29, 0.717) is 19.8 Å². The monoisotopic (exact) mass is 384 g/mol. The van der Waals surface area contributed by atoms with Crippen LogP contribution in [0.4, 0.5) is 0 Å². The Morgan fingerprint density at radius 2 is 1.62 bits per heavy atom. The van der Waals surface area contributed by atoms with Crippen molar-refractivity contribution in [3.8, 4) is 0 Å². The van der Waals surface area contributed by atoms with Crippen LogP contribution in [-0.4, -0.2) is 43.9 Å². The molecule has 1 saturated heterocycles. The van der Waals surface area contributed by atoms with E-state index in [2.05, 4.69) is 0 Å². The highest BCUT2D eigenvalue weighted by Gasteiger charge is 2.37. The molecule has 142 valence electrons. The van der Waals surface area contributed by atoms with Crippen LogP contribution in [0.2, 0.25) is 0 Å².